The van der Waals surface area contributed by atoms with Gasteiger partial charge in [0.05, 0.1) is 7.11 Å². The second-order valence-corrected chi connectivity index (χ2v) is 13.3. The number of nitrogens with zero attached hydrogens (tertiary/aromatic N) is 2. The van der Waals surface area contributed by atoms with Crippen molar-refractivity contribution in [3.05, 3.63) is 77.6 Å². The van der Waals surface area contributed by atoms with E-state index in [1.807, 2.05) is 6.20 Å². The lowest BCUT2D eigenvalue weighted by molar-refractivity contribution is -0.124. The van der Waals surface area contributed by atoms with Crippen molar-refractivity contribution in [1.82, 2.24) is 10.3 Å². The van der Waals surface area contributed by atoms with Crippen LogP contribution in [0, 0.1) is 18.8 Å². The number of ether oxygens (including phenoxy) is 2. The van der Waals surface area contributed by atoms with E-state index in [9.17, 15) is 9.59 Å². The van der Waals surface area contributed by atoms with Gasteiger partial charge in [-0.05, 0) is 124 Å². The Morgan fingerprint density at radius 1 is 0.867 bits per heavy atom. The minimum Gasteiger partial charge on any atom is -0.496 e. The number of carbonyl (C=O) groups is 2. The molecule has 0 bridgehead atoms. The van der Waals surface area contributed by atoms with E-state index >= 15 is 0 Å². The van der Waals surface area contributed by atoms with Crippen molar-refractivity contribution < 1.29 is 19.1 Å². The number of rotatable bonds is 9. The Bertz CT molecular complexity index is 1470. The van der Waals surface area contributed by atoms with E-state index in [1.54, 1.807) is 14.2 Å². The molecule has 7 heteroatoms. The molecule has 0 radical (unpaired) electrons. The van der Waals surface area contributed by atoms with Crippen LogP contribution in [0.25, 0.3) is 11.1 Å². The lowest BCUT2D eigenvalue weighted by Gasteiger charge is -2.36. The number of amides is 2. The first-order chi connectivity index (χ1) is 21.9. The Kier molecular flexibility index (Phi) is 9.72. The Morgan fingerprint density at radius 2 is 1.62 bits per heavy atom. The molecule has 3 aliphatic rings. The van der Waals surface area contributed by atoms with Gasteiger partial charge >= 0.3 is 6.09 Å². The maximum absolute atomic E-state index is 14.3. The Labute approximate surface area is 267 Å². The minimum atomic E-state index is -0.400. The SMILES string of the molecule is CNC(=O)OC1CCC(C(=O)N(CC2CCC(c3ccc(OC)c(C)c3)CC2)c2cccc(-c3ccc(C4CC4)nc3)c2)CC1. The van der Waals surface area contributed by atoms with Gasteiger partial charge in [-0.3, -0.25) is 9.78 Å². The molecule has 0 saturated heterocycles. The predicted molar refractivity (Wildman–Crippen MR) is 178 cm³/mol. The molecule has 0 unspecified atom stereocenters. The van der Waals surface area contributed by atoms with Crippen LogP contribution in [0.15, 0.2) is 60.8 Å². The summed E-state index contributed by atoms with van der Waals surface area (Å²) < 4.78 is 11.0. The van der Waals surface area contributed by atoms with Crippen molar-refractivity contribution in [2.45, 2.75) is 89.1 Å². The molecule has 0 spiro atoms. The Morgan fingerprint density at radius 3 is 2.27 bits per heavy atom. The molecule has 7 nitrogen and oxygen atoms in total. The lowest BCUT2D eigenvalue weighted by atomic mass is 9.78. The van der Waals surface area contributed by atoms with Crippen LogP contribution in [0.1, 0.15) is 92.9 Å². The van der Waals surface area contributed by atoms with E-state index in [-0.39, 0.29) is 17.9 Å². The van der Waals surface area contributed by atoms with Gasteiger partial charge < -0.3 is 19.7 Å². The summed E-state index contributed by atoms with van der Waals surface area (Å²) >= 11 is 0. The quantitative estimate of drug-likeness (QED) is 0.265. The fourth-order valence-corrected chi connectivity index (χ4v) is 7.32. The lowest BCUT2D eigenvalue weighted by Crippen LogP contribution is -2.42. The van der Waals surface area contributed by atoms with E-state index in [2.05, 4.69) is 71.7 Å². The van der Waals surface area contributed by atoms with Crippen LogP contribution in [-0.4, -0.2) is 43.8 Å². The van der Waals surface area contributed by atoms with Crippen LogP contribution >= 0.6 is 0 Å². The number of hydrogen-bond donors (Lipinski definition) is 1. The van der Waals surface area contributed by atoms with E-state index < -0.39 is 6.09 Å². The molecule has 238 valence electrons. The van der Waals surface area contributed by atoms with Gasteiger partial charge in [0.15, 0.2) is 0 Å². The highest BCUT2D eigenvalue weighted by Crippen LogP contribution is 2.41. The minimum absolute atomic E-state index is 0.0729. The maximum Gasteiger partial charge on any atom is 0.407 e. The van der Waals surface area contributed by atoms with Crippen LogP contribution in [0.4, 0.5) is 10.5 Å². The van der Waals surface area contributed by atoms with E-state index in [0.29, 0.717) is 30.6 Å². The topological polar surface area (TPSA) is 80.8 Å². The molecule has 2 amide bonds. The monoisotopic (exact) mass is 609 g/mol. The third-order valence-corrected chi connectivity index (χ3v) is 10.2. The van der Waals surface area contributed by atoms with Gasteiger partial charge in [0.25, 0.3) is 0 Å². The van der Waals surface area contributed by atoms with E-state index in [1.165, 1.54) is 29.7 Å². The summed E-state index contributed by atoms with van der Waals surface area (Å²) in [4.78, 5) is 32.9. The number of benzene rings is 2. The number of aromatic nitrogens is 1. The van der Waals surface area contributed by atoms with Crippen LogP contribution in [-0.2, 0) is 9.53 Å². The number of carbonyl (C=O) groups excluding carboxylic acids is 2. The third-order valence-electron chi connectivity index (χ3n) is 10.2. The maximum atomic E-state index is 14.3. The summed E-state index contributed by atoms with van der Waals surface area (Å²) in [6, 6.07) is 19.3. The fraction of sp³-hybridized carbons (Fsp3) is 0.500. The number of anilines is 1. The molecule has 45 heavy (non-hydrogen) atoms. The van der Waals surface area contributed by atoms with Crippen molar-refractivity contribution in [1.29, 1.82) is 0 Å². The predicted octanol–water partition coefficient (Wildman–Crippen LogP) is 8.16. The van der Waals surface area contributed by atoms with Gasteiger partial charge in [-0.25, -0.2) is 4.79 Å². The Hall–Kier alpha value is -3.87. The standard InChI is InChI=1S/C38H47N3O4/c1-25-21-31(16-20-36(25)44-3)27-9-7-26(8-10-27)24-41(37(42)29-13-17-34(18-14-29)45-38(43)39-2)33-6-4-5-30(22-33)32-15-19-35(40-23-32)28-11-12-28/h4-6,15-16,19-23,26-29,34H,7-14,17-18,24H2,1-3H3,(H,39,43). The summed E-state index contributed by atoms with van der Waals surface area (Å²) in [5.74, 6) is 2.67. The van der Waals surface area contributed by atoms with Crippen LogP contribution in [0.2, 0.25) is 0 Å². The molecule has 2 aromatic carbocycles. The molecule has 1 heterocycles. The first-order valence-corrected chi connectivity index (χ1v) is 16.8. The number of aryl methyl sites for hydroxylation is 1. The summed E-state index contributed by atoms with van der Waals surface area (Å²) in [6.45, 7) is 2.84. The molecule has 3 saturated carbocycles. The molecule has 3 aliphatic carbocycles. The molecule has 0 aliphatic heterocycles. The summed E-state index contributed by atoms with van der Waals surface area (Å²) in [5.41, 5.74) is 6.88. The van der Waals surface area contributed by atoms with E-state index in [0.717, 1.165) is 67.6 Å². The van der Waals surface area contributed by atoms with Crippen molar-refractivity contribution in [2.24, 2.45) is 11.8 Å². The van der Waals surface area contributed by atoms with E-state index in [4.69, 9.17) is 14.5 Å². The fourth-order valence-electron chi connectivity index (χ4n) is 7.32. The van der Waals surface area contributed by atoms with Crippen LogP contribution < -0.4 is 15.0 Å². The summed E-state index contributed by atoms with van der Waals surface area (Å²) in [6.07, 6.45) is 11.2. The molecule has 1 aromatic heterocycles. The highest BCUT2D eigenvalue weighted by Gasteiger charge is 2.34. The highest BCUT2D eigenvalue weighted by atomic mass is 16.6. The molecule has 3 fully saturated rings. The van der Waals surface area contributed by atoms with Gasteiger partial charge in [0.1, 0.15) is 11.9 Å². The zero-order valence-corrected chi connectivity index (χ0v) is 27.0. The van der Waals surface area contributed by atoms with Crippen molar-refractivity contribution in [3.63, 3.8) is 0 Å². The zero-order valence-electron chi connectivity index (χ0n) is 27.0. The van der Waals surface area contributed by atoms with Crippen molar-refractivity contribution >= 4 is 17.7 Å². The highest BCUT2D eigenvalue weighted by molar-refractivity contribution is 5.95. The smallest absolute Gasteiger partial charge is 0.407 e. The molecule has 6 rings (SSSR count). The second kappa shape index (κ2) is 14.1. The first kappa shape index (κ1) is 31.1. The molecule has 1 N–H and O–H groups in total. The zero-order chi connectivity index (χ0) is 31.3. The normalized spacial score (nSPS) is 23.2. The summed E-state index contributed by atoms with van der Waals surface area (Å²) in [7, 11) is 3.30. The second-order valence-electron chi connectivity index (χ2n) is 13.3. The van der Waals surface area contributed by atoms with Gasteiger partial charge in [-0.1, -0.05) is 30.3 Å². The van der Waals surface area contributed by atoms with Gasteiger partial charge in [-0.15, -0.1) is 0 Å². The number of methoxy groups -OCH3 is 1. The average molecular weight is 610 g/mol. The largest absolute Gasteiger partial charge is 0.496 e. The van der Waals surface area contributed by atoms with Crippen LogP contribution in [0.5, 0.6) is 5.75 Å². The molecular formula is C38H47N3O4. The third kappa shape index (κ3) is 7.51. The first-order valence-electron chi connectivity index (χ1n) is 16.8. The van der Waals surface area contributed by atoms with Gasteiger partial charge in [0.2, 0.25) is 5.91 Å². The van der Waals surface area contributed by atoms with Gasteiger partial charge in [0, 0.05) is 48.6 Å². The van der Waals surface area contributed by atoms with Crippen molar-refractivity contribution in [3.8, 4) is 16.9 Å². The number of pyridine rings is 1. The Balaban J connectivity index is 1.18. The molecular weight excluding hydrogens is 562 g/mol. The number of nitrogens with one attached hydrogen (secondary N) is 1. The van der Waals surface area contributed by atoms with Crippen molar-refractivity contribution in [2.75, 3.05) is 25.6 Å². The average Bonchev–Trinajstić information content (AvgIpc) is 3.94. The van der Waals surface area contributed by atoms with Gasteiger partial charge in [-0.2, -0.15) is 0 Å². The number of hydrogen-bond acceptors (Lipinski definition) is 5. The molecule has 3 aromatic rings. The van der Waals surface area contributed by atoms with Crippen LogP contribution in [0.3, 0.4) is 0 Å². The summed E-state index contributed by atoms with van der Waals surface area (Å²) in [5, 5.41) is 2.54. The number of alkyl carbamates (subject to hydrolysis) is 1. The molecule has 0 atom stereocenters.